The first-order chi connectivity index (χ1) is 48.2. The van der Waals surface area contributed by atoms with Gasteiger partial charge in [-0.05, 0) is 43.4 Å². The second-order valence-corrected chi connectivity index (χ2v) is 33.5. The van der Waals surface area contributed by atoms with Gasteiger partial charge in [0.15, 0.2) is 12.2 Å². The Labute approximate surface area is 613 Å². The summed E-state index contributed by atoms with van der Waals surface area (Å²) in [6.45, 7) is 11.9. The van der Waals surface area contributed by atoms with Crippen molar-refractivity contribution in [2.45, 2.75) is 439 Å². The number of esters is 4. The van der Waals surface area contributed by atoms with Crippen molar-refractivity contribution >= 4 is 39.5 Å². The second kappa shape index (κ2) is 71.3. The summed E-state index contributed by atoms with van der Waals surface area (Å²) in [4.78, 5) is 73.0. The maximum Gasteiger partial charge on any atom is 0.472 e. The molecule has 5 atom stereocenters. The van der Waals surface area contributed by atoms with Gasteiger partial charge in [-0.3, -0.25) is 37.3 Å². The molecule has 0 radical (unpaired) electrons. The molecule has 0 aliphatic rings. The summed E-state index contributed by atoms with van der Waals surface area (Å²) in [6, 6.07) is 0. The highest BCUT2D eigenvalue weighted by atomic mass is 31.2. The van der Waals surface area contributed by atoms with Gasteiger partial charge in [0, 0.05) is 25.7 Å². The fourth-order valence-corrected chi connectivity index (χ4v) is 14.1. The lowest BCUT2D eigenvalue weighted by Crippen LogP contribution is -2.30. The lowest BCUT2D eigenvalue weighted by molar-refractivity contribution is -0.161. The molecule has 100 heavy (non-hydrogen) atoms. The third kappa shape index (κ3) is 74.3. The topological polar surface area (TPSA) is 237 Å². The standard InChI is InChI=1S/C81H158O17P2/c1-8-9-10-11-12-13-14-15-16-17-18-19-20-21-22-23-24-36-43-50-57-64-80(85)97-76(68-91-78(83)62-55-48-41-34-28-25-31-38-45-52-59-72(2)3)70-95-99(87,88)93-66-75(82)67-94-100(89,90)96-71-77(98-81(86)65-58-51-44-37-30-27-33-40-47-54-61-74(6)7)69-92-79(84)63-56-49-42-35-29-26-32-39-46-53-60-73(4)5/h72-77,82H,8-71H2,1-7H3,(H,87,88)(H,89,90)/t75-,76-,77-/m1/s1. The molecule has 0 aliphatic carbocycles. The Morgan fingerprint density at radius 1 is 0.270 bits per heavy atom. The van der Waals surface area contributed by atoms with Gasteiger partial charge < -0.3 is 33.8 Å². The lowest BCUT2D eigenvalue weighted by atomic mass is 10.0. The Balaban J connectivity index is 5.23. The minimum atomic E-state index is -4.96. The first kappa shape index (κ1) is 98.1. The average molecular weight is 1470 g/mol. The lowest BCUT2D eigenvalue weighted by Gasteiger charge is -2.21. The largest absolute Gasteiger partial charge is 0.472 e. The zero-order valence-corrected chi connectivity index (χ0v) is 67.5. The van der Waals surface area contributed by atoms with Crippen molar-refractivity contribution in [2.24, 2.45) is 17.8 Å². The maximum absolute atomic E-state index is 13.1. The summed E-state index contributed by atoms with van der Waals surface area (Å²) >= 11 is 0. The van der Waals surface area contributed by atoms with Crippen molar-refractivity contribution < 1.29 is 80.2 Å². The minimum Gasteiger partial charge on any atom is -0.462 e. The monoisotopic (exact) mass is 1470 g/mol. The van der Waals surface area contributed by atoms with Crippen LogP contribution in [-0.2, 0) is 65.4 Å². The molecular weight excluding hydrogens is 1310 g/mol. The van der Waals surface area contributed by atoms with Gasteiger partial charge in [-0.15, -0.1) is 0 Å². The molecule has 594 valence electrons. The molecule has 0 bridgehead atoms. The fourth-order valence-electron chi connectivity index (χ4n) is 12.5. The van der Waals surface area contributed by atoms with Crippen LogP contribution in [0.2, 0.25) is 0 Å². The number of carbonyl (C=O) groups excluding carboxylic acids is 4. The summed E-state index contributed by atoms with van der Waals surface area (Å²) in [5.74, 6) is 0.157. The average Bonchev–Trinajstić information content (AvgIpc) is 0.922. The number of hydrogen-bond acceptors (Lipinski definition) is 15. The molecule has 0 spiro atoms. The van der Waals surface area contributed by atoms with Crippen LogP contribution in [-0.4, -0.2) is 96.7 Å². The SMILES string of the molecule is CCCCCCCCCCCCCCCCCCCCCCCC(=O)O[C@H](COC(=O)CCCCCCCCCCCCC(C)C)COP(=O)(O)OC[C@@H](O)COP(=O)(O)OC[C@@H](COC(=O)CCCCCCCCCCCCC(C)C)OC(=O)CCCCCCCCCCCCC(C)C. The summed E-state index contributed by atoms with van der Waals surface area (Å²) in [7, 11) is -9.92. The summed E-state index contributed by atoms with van der Waals surface area (Å²) in [5.41, 5.74) is 0. The highest BCUT2D eigenvalue weighted by Crippen LogP contribution is 2.45. The van der Waals surface area contributed by atoms with E-state index in [1.807, 2.05) is 0 Å². The van der Waals surface area contributed by atoms with Crippen LogP contribution in [0.25, 0.3) is 0 Å². The highest BCUT2D eigenvalue weighted by Gasteiger charge is 2.30. The number of hydrogen-bond donors (Lipinski definition) is 3. The van der Waals surface area contributed by atoms with Crippen LogP contribution in [0, 0.1) is 17.8 Å². The Morgan fingerprint density at radius 2 is 0.460 bits per heavy atom. The third-order valence-corrected chi connectivity index (χ3v) is 20.8. The van der Waals surface area contributed by atoms with E-state index in [9.17, 15) is 43.2 Å². The number of aliphatic hydroxyl groups excluding tert-OH is 1. The maximum atomic E-state index is 13.1. The van der Waals surface area contributed by atoms with Crippen molar-refractivity contribution in [2.75, 3.05) is 39.6 Å². The van der Waals surface area contributed by atoms with E-state index in [4.69, 9.17) is 37.0 Å². The van der Waals surface area contributed by atoms with Crippen LogP contribution in [0.3, 0.4) is 0 Å². The van der Waals surface area contributed by atoms with E-state index in [2.05, 4.69) is 48.5 Å². The molecule has 0 saturated carbocycles. The highest BCUT2D eigenvalue weighted by molar-refractivity contribution is 7.47. The van der Waals surface area contributed by atoms with E-state index < -0.39 is 97.5 Å². The van der Waals surface area contributed by atoms with E-state index in [-0.39, 0.29) is 25.7 Å². The van der Waals surface area contributed by atoms with Gasteiger partial charge in [-0.1, -0.05) is 370 Å². The van der Waals surface area contributed by atoms with E-state index in [1.165, 1.54) is 231 Å². The van der Waals surface area contributed by atoms with Crippen molar-refractivity contribution in [1.82, 2.24) is 0 Å². The molecule has 0 fully saturated rings. The number of carbonyl (C=O) groups is 4. The van der Waals surface area contributed by atoms with Crippen molar-refractivity contribution in [3.8, 4) is 0 Å². The molecule has 3 N–H and O–H groups in total. The van der Waals surface area contributed by atoms with Gasteiger partial charge in [0.2, 0.25) is 0 Å². The molecule has 0 aliphatic heterocycles. The van der Waals surface area contributed by atoms with E-state index >= 15 is 0 Å². The van der Waals surface area contributed by atoms with Crippen molar-refractivity contribution in [3.05, 3.63) is 0 Å². The number of unbranched alkanes of at least 4 members (excludes halogenated alkanes) is 47. The van der Waals surface area contributed by atoms with Gasteiger partial charge in [0.25, 0.3) is 0 Å². The predicted octanol–water partition coefficient (Wildman–Crippen LogP) is 24.1. The fraction of sp³-hybridized carbons (Fsp3) is 0.951. The molecule has 0 aromatic carbocycles. The molecule has 0 aromatic heterocycles. The minimum absolute atomic E-state index is 0.106. The molecule has 0 heterocycles. The van der Waals surface area contributed by atoms with Crippen LogP contribution >= 0.6 is 15.6 Å². The number of rotatable bonds is 79. The van der Waals surface area contributed by atoms with Crippen LogP contribution < -0.4 is 0 Å². The number of ether oxygens (including phenoxy) is 4. The van der Waals surface area contributed by atoms with Gasteiger partial charge >= 0.3 is 39.5 Å². The zero-order valence-electron chi connectivity index (χ0n) is 65.7. The quantitative estimate of drug-likeness (QED) is 0.0222. The molecule has 0 amide bonds. The summed E-state index contributed by atoms with van der Waals surface area (Å²) < 4.78 is 68.7. The predicted molar refractivity (Wildman–Crippen MR) is 409 cm³/mol. The van der Waals surface area contributed by atoms with E-state index in [0.29, 0.717) is 25.7 Å². The number of aliphatic hydroxyl groups is 1. The van der Waals surface area contributed by atoms with Crippen molar-refractivity contribution in [1.29, 1.82) is 0 Å². The first-order valence-electron chi connectivity index (χ1n) is 41.8. The number of phosphoric ester groups is 2. The third-order valence-electron chi connectivity index (χ3n) is 18.9. The Kier molecular flexibility index (Phi) is 69.9. The molecule has 0 rings (SSSR count). The molecular formula is C81H158O17P2. The first-order valence-corrected chi connectivity index (χ1v) is 44.8. The Hall–Kier alpha value is -1.94. The van der Waals surface area contributed by atoms with Gasteiger partial charge in [-0.25, -0.2) is 9.13 Å². The molecule has 2 unspecified atom stereocenters. The van der Waals surface area contributed by atoms with Gasteiger partial charge in [0.1, 0.15) is 19.3 Å². The van der Waals surface area contributed by atoms with E-state index in [1.54, 1.807) is 0 Å². The second-order valence-electron chi connectivity index (χ2n) is 30.6. The normalized spacial score (nSPS) is 14.0. The smallest absolute Gasteiger partial charge is 0.462 e. The van der Waals surface area contributed by atoms with Crippen LogP contribution in [0.1, 0.15) is 421 Å². The molecule has 19 heteroatoms. The Bertz CT molecular complexity index is 1940. The summed E-state index contributed by atoms with van der Waals surface area (Å²) in [5, 5.41) is 10.6. The Morgan fingerprint density at radius 3 is 0.680 bits per heavy atom. The summed E-state index contributed by atoms with van der Waals surface area (Å²) in [6.07, 6.45) is 59.7. The number of phosphoric acid groups is 2. The van der Waals surface area contributed by atoms with Crippen molar-refractivity contribution in [3.63, 3.8) is 0 Å². The van der Waals surface area contributed by atoms with Crippen LogP contribution in [0.5, 0.6) is 0 Å². The van der Waals surface area contributed by atoms with Crippen LogP contribution in [0.15, 0.2) is 0 Å². The zero-order chi connectivity index (χ0) is 73.7. The molecule has 17 nitrogen and oxygen atoms in total. The van der Waals surface area contributed by atoms with Gasteiger partial charge in [0.05, 0.1) is 26.4 Å². The van der Waals surface area contributed by atoms with E-state index in [0.717, 1.165) is 108 Å². The van der Waals surface area contributed by atoms with Crippen LogP contribution in [0.4, 0.5) is 0 Å². The molecule has 0 saturated heterocycles. The van der Waals surface area contributed by atoms with Gasteiger partial charge in [-0.2, -0.15) is 0 Å². The molecule has 0 aromatic rings.